The molecule has 53 heavy (non-hydrogen) atoms. The maximum absolute atomic E-state index is 14.1. The number of rotatable bonds is 17. The van der Waals surface area contributed by atoms with E-state index in [1.54, 1.807) is 27.0 Å². The highest BCUT2D eigenvalue weighted by Gasteiger charge is 2.38. The van der Waals surface area contributed by atoms with Gasteiger partial charge in [0.25, 0.3) is 0 Å². The van der Waals surface area contributed by atoms with Gasteiger partial charge in [-0.05, 0) is 59.6 Å². The molecule has 0 saturated heterocycles. The quantitative estimate of drug-likeness (QED) is 0.103. The molecule has 0 aliphatic rings. The van der Waals surface area contributed by atoms with Gasteiger partial charge < -0.3 is 35.8 Å². The van der Waals surface area contributed by atoms with Crippen molar-refractivity contribution >= 4 is 35.8 Å². The first-order valence-electron chi connectivity index (χ1n) is 17.6. The number of pyridine rings is 1. The zero-order chi connectivity index (χ0) is 39.2. The Morgan fingerprint density at radius 3 is 1.89 bits per heavy atom. The van der Waals surface area contributed by atoms with Crippen molar-refractivity contribution in [3.8, 4) is 11.3 Å². The first-order valence-corrected chi connectivity index (χ1v) is 19.0. The van der Waals surface area contributed by atoms with E-state index in [0.717, 1.165) is 22.4 Å². The van der Waals surface area contributed by atoms with Crippen molar-refractivity contribution in [1.29, 1.82) is 0 Å². The molecule has 288 valence electrons. The van der Waals surface area contributed by atoms with Gasteiger partial charge >= 0.3 is 12.2 Å². The Morgan fingerprint density at radius 2 is 1.34 bits per heavy atom. The fourth-order valence-electron chi connectivity index (χ4n) is 5.95. The van der Waals surface area contributed by atoms with E-state index in [9.17, 15) is 24.3 Å². The van der Waals surface area contributed by atoms with Crippen LogP contribution >= 0.6 is 11.8 Å². The number of nitrogens with one attached hydrogen (secondary N) is 4. The first-order chi connectivity index (χ1) is 25.0. The fourth-order valence-corrected chi connectivity index (χ4v) is 6.26. The average molecular weight is 750 g/mol. The van der Waals surface area contributed by atoms with Gasteiger partial charge in [0.1, 0.15) is 12.1 Å². The second kappa shape index (κ2) is 20.0. The summed E-state index contributed by atoms with van der Waals surface area (Å²) in [6.45, 7) is 10.9. The molecule has 0 bridgehead atoms. The smallest absolute Gasteiger partial charge is 0.407 e. The Morgan fingerprint density at radius 1 is 0.755 bits per heavy atom. The highest BCUT2D eigenvalue weighted by atomic mass is 32.2. The number of hydrogen-bond donors (Lipinski definition) is 5. The van der Waals surface area contributed by atoms with Gasteiger partial charge in [-0.1, -0.05) is 102 Å². The lowest BCUT2D eigenvalue weighted by molar-refractivity contribution is -0.128. The average Bonchev–Trinajstić information content (AvgIpc) is 3.10. The van der Waals surface area contributed by atoms with Gasteiger partial charge in [-0.2, -0.15) is 0 Å². The second-order valence-corrected chi connectivity index (χ2v) is 16.0. The number of hydrogen-bond acceptors (Lipinski definition) is 8. The van der Waals surface area contributed by atoms with Crippen LogP contribution in [0.4, 0.5) is 9.59 Å². The number of ether oxygens (including phenoxy) is 2. The first kappa shape index (κ1) is 42.8. The van der Waals surface area contributed by atoms with Gasteiger partial charge in [0.05, 0.1) is 30.9 Å². The van der Waals surface area contributed by atoms with Crippen molar-refractivity contribution in [3.63, 3.8) is 0 Å². The molecular weight excluding hydrogens is 695 g/mol. The maximum Gasteiger partial charge on any atom is 0.407 e. The molecule has 0 fully saturated rings. The Hall–Kier alpha value is -4.62. The van der Waals surface area contributed by atoms with E-state index in [2.05, 4.69) is 26.3 Å². The number of benzene rings is 2. The highest BCUT2D eigenvalue weighted by Crippen LogP contribution is 2.25. The van der Waals surface area contributed by atoms with Gasteiger partial charge in [-0.3, -0.25) is 14.6 Å². The molecule has 12 nitrogen and oxygen atoms in total. The molecule has 0 aliphatic heterocycles. The van der Waals surface area contributed by atoms with E-state index in [1.807, 2.05) is 99.8 Å². The predicted molar refractivity (Wildman–Crippen MR) is 208 cm³/mol. The molecule has 3 rings (SSSR count). The van der Waals surface area contributed by atoms with Crippen LogP contribution in [0.3, 0.4) is 0 Å². The SMILES string of the molecule is COC(=O)N[C@H](C(=O)N[C@@H](Cc1ccc(-c2ccccn2)cc1)[C@H](C[C@H](Cc1ccccc1)NC(=O)[C@@H](NC(=O)O)C(C)(C)C)OCSC)C(C)(C)C. The third-order valence-corrected chi connectivity index (χ3v) is 9.08. The van der Waals surface area contributed by atoms with Crippen LogP contribution in [-0.2, 0) is 31.9 Å². The van der Waals surface area contributed by atoms with Crippen molar-refractivity contribution in [2.24, 2.45) is 10.8 Å². The molecule has 13 heteroatoms. The topological polar surface area (TPSA) is 168 Å². The normalized spacial score (nSPS) is 14.5. The minimum atomic E-state index is -1.30. The van der Waals surface area contributed by atoms with Crippen molar-refractivity contribution < 1.29 is 33.8 Å². The number of amides is 4. The highest BCUT2D eigenvalue weighted by molar-refractivity contribution is 7.98. The lowest BCUT2D eigenvalue weighted by atomic mass is 9.85. The van der Waals surface area contributed by atoms with Crippen LogP contribution in [0.5, 0.6) is 0 Å². The Labute approximate surface area is 317 Å². The second-order valence-electron chi connectivity index (χ2n) is 15.2. The summed E-state index contributed by atoms with van der Waals surface area (Å²) in [4.78, 5) is 56.5. The van der Waals surface area contributed by atoms with Crippen molar-refractivity contribution in [2.75, 3.05) is 19.3 Å². The third kappa shape index (κ3) is 14.0. The molecule has 4 amide bonds. The summed E-state index contributed by atoms with van der Waals surface area (Å²) in [5.41, 5.74) is 2.25. The number of carbonyl (C=O) groups excluding carboxylic acids is 3. The van der Waals surface area contributed by atoms with Gasteiger partial charge in [0.15, 0.2) is 0 Å². The predicted octanol–water partition coefficient (Wildman–Crippen LogP) is 6.05. The van der Waals surface area contributed by atoms with E-state index in [4.69, 9.17) is 9.47 Å². The van der Waals surface area contributed by atoms with Crippen LogP contribution < -0.4 is 21.3 Å². The molecule has 2 aromatic carbocycles. The van der Waals surface area contributed by atoms with Crippen LogP contribution in [0.2, 0.25) is 0 Å². The van der Waals surface area contributed by atoms with Crippen LogP contribution in [0.15, 0.2) is 79.0 Å². The lowest BCUT2D eigenvalue weighted by Gasteiger charge is -2.36. The Balaban J connectivity index is 2.06. The third-order valence-electron chi connectivity index (χ3n) is 8.71. The molecule has 5 N–H and O–H groups in total. The molecule has 0 spiro atoms. The zero-order valence-electron chi connectivity index (χ0n) is 32.0. The Kier molecular flexibility index (Phi) is 16.1. The van der Waals surface area contributed by atoms with Gasteiger partial charge in [-0.25, -0.2) is 9.59 Å². The molecule has 1 heterocycles. The maximum atomic E-state index is 14.1. The zero-order valence-corrected chi connectivity index (χ0v) is 32.8. The monoisotopic (exact) mass is 749 g/mol. The molecule has 5 atom stereocenters. The van der Waals surface area contributed by atoms with E-state index < -0.39 is 65.1 Å². The number of carboxylic acid groups (broad SMARTS) is 1. The van der Waals surface area contributed by atoms with Gasteiger partial charge in [0.2, 0.25) is 11.8 Å². The standard InChI is InChI=1S/C40H55N5O7S/c1-39(2,3)33(44-37(48)49)35(46)42-29(22-26-14-10-9-11-15-26)24-32(52-25-53-8)31(43-36(47)34(40(4,5)6)45-38(50)51-7)23-27-17-19-28(20-18-27)30-16-12-13-21-41-30/h9-21,29,31-34,44H,22-25H2,1-8H3,(H,42,46)(H,43,47)(H,45,50)(H,48,49)/t29-,31-,32-,33+,34+/m0/s1. The lowest BCUT2D eigenvalue weighted by Crippen LogP contribution is -2.59. The molecular formula is C40H55N5O7S. The molecule has 3 aromatic rings. The van der Waals surface area contributed by atoms with Crippen LogP contribution in [0.1, 0.15) is 59.1 Å². The number of carbonyl (C=O) groups is 4. The summed E-state index contributed by atoms with van der Waals surface area (Å²) in [6, 6.07) is 20.2. The molecule has 1 aromatic heterocycles. The summed E-state index contributed by atoms with van der Waals surface area (Å²) in [5.74, 6) is -0.585. The number of thioether (sulfide) groups is 1. The van der Waals surface area contributed by atoms with E-state index >= 15 is 0 Å². The minimum Gasteiger partial charge on any atom is -0.465 e. The van der Waals surface area contributed by atoms with Crippen LogP contribution in [-0.4, -0.2) is 83.7 Å². The van der Waals surface area contributed by atoms with E-state index in [1.165, 1.54) is 18.9 Å². The summed E-state index contributed by atoms with van der Waals surface area (Å²) in [5, 5.41) is 21.0. The summed E-state index contributed by atoms with van der Waals surface area (Å²) < 4.78 is 11.3. The summed E-state index contributed by atoms with van der Waals surface area (Å²) in [7, 11) is 1.24. The molecule has 0 radical (unpaired) electrons. The van der Waals surface area contributed by atoms with Crippen LogP contribution in [0, 0.1) is 10.8 Å². The number of nitrogens with zero attached hydrogens (tertiary/aromatic N) is 1. The van der Waals surface area contributed by atoms with Crippen LogP contribution in [0.25, 0.3) is 11.3 Å². The molecule has 0 unspecified atom stereocenters. The molecule has 0 aliphatic carbocycles. The fraction of sp³-hybridized carbons (Fsp3) is 0.475. The number of alkyl carbamates (subject to hydrolysis) is 1. The van der Waals surface area contributed by atoms with E-state index in [-0.39, 0.29) is 6.42 Å². The van der Waals surface area contributed by atoms with Crippen molar-refractivity contribution in [3.05, 3.63) is 90.1 Å². The van der Waals surface area contributed by atoms with Crippen molar-refractivity contribution in [1.82, 2.24) is 26.3 Å². The van der Waals surface area contributed by atoms with Gasteiger partial charge in [-0.15, -0.1) is 11.8 Å². The largest absolute Gasteiger partial charge is 0.465 e. The van der Waals surface area contributed by atoms with Crippen molar-refractivity contribution in [2.45, 2.75) is 91.1 Å². The number of aromatic nitrogens is 1. The molecule has 0 saturated carbocycles. The number of methoxy groups -OCH3 is 1. The van der Waals surface area contributed by atoms with Gasteiger partial charge in [0, 0.05) is 17.8 Å². The minimum absolute atomic E-state index is 0.271. The summed E-state index contributed by atoms with van der Waals surface area (Å²) in [6.07, 6.45) is 2.04. The Bertz CT molecular complexity index is 1610. The van der Waals surface area contributed by atoms with E-state index in [0.29, 0.717) is 18.8 Å². The summed E-state index contributed by atoms with van der Waals surface area (Å²) >= 11 is 1.48.